The van der Waals surface area contributed by atoms with E-state index in [4.69, 9.17) is 0 Å². The molecule has 0 radical (unpaired) electrons. The monoisotopic (exact) mass is 233 g/mol. The van der Waals surface area contributed by atoms with Gasteiger partial charge in [0.25, 0.3) is 0 Å². The summed E-state index contributed by atoms with van der Waals surface area (Å²) in [5, 5.41) is 14.1. The molecule has 2 nitrogen and oxygen atoms in total. The lowest BCUT2D eigenvalue weighted by Crippen LogP contribution is -2.39. The fraction of sp³-hybridized carbons (Fsp3) is 0.600. The zero-order valence-corrected chi connectivity index (χ0v) is 10.9. The van der Waals surface area contributed by atoms with Gasteiger partial charge in [-0.15, -0.1) is 0 Å². The van der Waals surface area contributed by atoms with Gasteiger partial charge in [-0.05, 0) is 45.2 Å². The van der Waals surface area contributed by atoms with Gasteiger partial charge >= 0.3 is 0 Å². The van der Waals surface area contributed by atoms with Crippen LogP contribution in [0.3, 0.4) is 0 Å². The molecule has 1 saturated heterocycles. The van der Waals surface area contributed by atoms with Crippen molar-refractivity contribution in [1.82, 2.24) is 5.32 Å². The lowest BCUT2D eigenvalue weighted by atomic mass is 9.86. The maximum Gasteiger partial charge on any atom is 0.0883 e. The van der Waals surface area contributed by atoms with Gasteiger partial charge in [-0.1, -0.05) is 36.2 Å². The minimum atomic E-state index is -0.720. The number of rotatable bonds is 3. The second kappa shape index (κ2) is 5.19. The molecule has 1 aromatic carbocycles. The number of hydrogen-bond donors (Lipinski definition) is 2. The van der Waals surface area contributed by atoms with Crippen LogP contribution in [0.25, 0.3) is 0 Å². The molecule has 1 aromatic rings. The van der Waals surface area contributed by atoms with Crippen molar-refractivity contribution in [2.45, 2.75) is 51.2 Å². The number of piperidine rings is 1. The molecule has 2 heteroatoms. The van der Waals surface area contributed by atoms with Crippen LogP contribution in [0.5, 0.6) is 0 Å². The van der Waals surface area contributed by atoms with Gasteiger partial charge in [0.15, 0.2) is 0 Å². The van der Waals surface area contributed by atoms with Crippen LogP contribution in [0.2, 0.25) is 0 Å². The summed E-state index contributed by atoms with van der Waals surface area (Å²) in [5.74, 6) is 0. The standard InChI is InChI=1S/C15H23NO/c1-12-6-8-13(9-7-12)15(2,17)11-14-5-3-4-10-16-14/h6-9,14,16-17H,3-5,10-11H2,1-2H3. The predicted molar refractivity (Wildman–Crippen MR) is 71.0 cm³/mol. The summed E-state index contributed by atoms with van der Waals surface area (Å²) >= 11 is 0. The summed E-state index contributed by atoms with van der Waals surface area (Å²) in [5.41, 5.74) is 1.54. The van der Waals surface area contributed by atoms with Crippen LogP contribution < -0.4 is 5.32 Å². The van der Waals surface area contributed by atoms with Gasteiger partial charge in [0.05, 0.1) is 5.60 Å². The molecule has 0 aromatic heterocycles. The fourth-order valence-corrected chi connectivity index (χ4v) is 2.61. The minimum Gasteiger partial charge on any atom is -0.385 e. The lowest BCUT2D eigenvalue weighted by molar-refractivity contribution is 0.0332. The Morgan fingerprint density at radius 2 is 2.00 bits per heavy atom. The van der Waals surface area contributed by atoms with Crippen molar-refractivity contribution >= 4 is 0 Å². The van der Waals surface area contributed by atoms with Crippen molar-refractivity contribution in [3.05, 3.63) is 35.4 Å². The van der Waals surface area contributed by atoms with Crippen molar-refractivity contribution < 1.29 is 5.11 Å². The summed E-state index contributed by atoms with van der Waals surface area (Å²) in [6, 6.07) is 8.67. The van der Waals surface area contributed by atoms with Crippen molar-refractivity contribution in [2.24, 2.45) is 0 Å². The van der Waals surface area contributed by atoms with E-state index >= 15 is 0 Å². The van der Waals surface area contributed by atoms with E-state index in [-0.39, 0.29) is 0 Å². The van der Waals surface area contributed by atoms with E-state index in [1.165, 1.54) is 24.8 Å². The molecule has 2 atom stereocenters. The van der Waals surface area contributed by atoms with Gasteiger partial charge in [0.2, 0.25) is 0 Å². The topological polar surface area (TPSA) is 32.3 Å². The number of aliphatic hydroxyl groups is 1. The highest BCUT2D eigenvalue weighted by Crippen LogP contribution is 2.28. The molecule has 1 fully saturated rings. The first-order chi connectivity index (χ1) is 8.08. The first-order valence-corrected chi connectivity index (χ1v) is 6.61. The maximum atomic E-state index is 10.6. The molecule has 2 N–H and O–H groups in total. The average molecular weight is 233 g/mol. The number of nitrogens with one attached hydrogen (secondary N) is 1. The van der Waals surface area contributed by atoms with Crippen LogP contribution in [0.4, 0.5) is 0 Å². The largest absolute Gasteiger partial charge is 0.385 e. The van der Waals surface area contributed by atoms with Gasteiger partial charge in [0.1, 0.15) is 0 Å². The molecule has 1 heterocycles. The molecular weight excluding hydrogens is 210 g/mol. The maximum absolute atomic E-state index is 10.6. The van der Waals surface area contributed by atoms with Gasteiger partial charge in [-0.3, -0.25) is 0 Å². The van der Waals surface area contributed by atoms with Crippen LogP contribution in [0, 0.1) is 6.92 Å². The Morgan fingerprint density at radius 1 is 1.29 bits per heavy atom. The van der Waals surface area contributed by atoms with Gasteiger partial charge < -0.3 is 10.4 Å². The first kappa shape index (κ1) is 12.6. The third kappa shape index (κ3) is 3.30. The van der Waals surface area contributed by atoms with Crippen LogP contribution >= 0.6 is 0 Å². The molecular formula is C15H23NO. The highest BCUT2D eigenvalue weighted by molar-refractivity contribution is 5.26. The lowest BCUT2D eigenvalue weighted by Gasteiger charge is -2.32. The Morgan fingerprint density at radius 3 is 2.59 bits per heavy atom. The summed E-state index contributed by atoms with van der Waals surface area (Å²) in [7, 11) is 0. The molecule has 0 amide bonds. The molecule has 2 unspecified atom stereocenters. The van der Waals surface area contributed by atoms with E-state index in [2.05, 4.69) is 24.4 Å². The SMILES string of the molecule is Cc1ccc(C(C)(O)CC2CCCCN2)cc1. The normalized spacial score (nSPS) is 24.3. The Bertz CT molecular complexity index is 350. The Balaban J connectivity index is 2.04. The highest BCUT2D eigenvalue weighted by atomic mass is 16.3. The van der Waals surface area contributed by atoms with Crippen LogP contribution in [-0.4, -0.2) is 17.7 Å². The van der Waals surface area contributed by atoms with Crippen molar-refractivity contribution in [3.63, 3.8) is 0 Å². The third-order valence-corrected chi connectivity index (χ3v) is 3.73. The fourth-order valence-electron chi connectivity index (χ4n) is 2.61. The Labute approximate surface area is 104 Å². The molecule has 94 valence electrons. The molecule has 17 heavy (non-hydrogen) atoms. The van der Waals surface area contributed by atoms with E-state index in [9.17, 15) is 5.11 Å². The molecule has 2 rings (SSSR count). The van der Waals surface area contributed by atoms with E-state index in [1.807, 2.05) is 19.1 Å². The summed E-state index contributed by atoms with van der Waals surface area (Å²) < 4.78 is 0. The molecule has 1 aliphatic rings. The number of aryl methyl sites for hydroxylation is 1. The molecule has 0 saturated carbocycles. The van der Waals surface area contributed by atoms with E-state index in [0.29, 0.717) is 6.04 Å². The summed E-state index contributed by atoms with van der Waals surface area (Å²) in [6.45, 7) is 5.09. The molecule has 1 aliphatic heterocycles. The minimum absolute atomic E-state index is 0.458. The van der Waals surface area contributed by atoms with Crippen molar-refractivity contribution in [3.8, 4) is 0 Å². The first-order valence-electron chi connectivity index (χ1n) is 6.61. The van der Waals surface area contributed by atoms with Crippen LogP contribution in [-0.2, 0) is 5.60 Å². The van der Waals surface area contributed by atoms with Crippen LogP contribution in [0.15, 0.2) is 24.3 Å². The quantitative estimate of drug-likeness (QED) is 0.841. The third-order valence-electron chi connectivity index (χ3n) is 3.73. The van der Waals surface area contributed by atoms with E-state index < -0.39 is 5.60 Å². The smallest absolute Gasteiger partial charge is 0.0883 e. The van der Waals surface area contributed by atoms with E-state index in [0.717, 1.165) is 18.5 Å². The number of hydrogen-bond acceptors (Lipinski definition) is 2. The number of benzene rings is 1. The zero-order chi connectivity index (χ0) is 12.3. The van der Waals surface area contributed by atoms with Crippen molar-refractivity contribution in [2.75, 3.05) is 6.54 Å². The van der Waals surface area contributed by atoms with Gasteiger partial charge in [0, 0.05) is 6.04 Å². The highest BCUT2D eigenvalue weighted by Gasteiger charge is 2.27. The molecule has 0 aliphatic carbocycles. The second-order valence-corrected chi connectivity index (χ2v) is 5.49. The van der Waals surface area contributed by atoms with Crippen molar-refractivity contribution in [1.29, 1.82) is 0 Å². The Hall–Kier alpha value is -0.860. The van der Waals surface area contributed by atoms with Gasteiger partial charge in [-0.25, -0.2) is 0 Å². The van der Waals surface area contributed by atoms with Gasteiger partial charge in [-0.2, -0.15) is 0 Å². The second-order valence-electron chi connectivity index (χ2n) is 5.49. The average Bonchev–Trinajstić information content (AvgIpc) is 2.30. The Kier molecular flexibility index (Phi) is 3.85. The van der Waals surface area contributed by atoms with E-state index in [1.54, 1.807) is 0 Å². The molecule has 0 bridgehead atoms. The summed E-state index contributed by atoms with van der Waals surface area (Å²) in [4.78, 5) is 0. The zero-order valence-electron chi connectivity index (χ0n) is 10.9. The summed E-state index contributed by atoms with van der Waals surface area (Å²) in [6.07, 6.45) is 4.53. The predicted octanol–water partition coefficient (Wildman–Crippen LogP) is 2.73. The van der Waals surface area contributed by atoms with Crippen LogP contribution in [0.1, 0.15) is 43.7 Å². The molecule has 0 spiro atoms.